The first-order valence-electron chi connectivity index (χ1n) is 9.31. The second-order valence-electron chi connectivity index (χ2n) is 6.90. The molecule has 1 aliphatic rings. The lowest BCUT2D eigenvalue weighted by molar-refractivity contribution is 0.0686. The number of aromatic carboxylic acids is 2. The molecular formula is C21H22N2O6. The van der Waals surface area contributed by atoms with E-state index in [0.717, 1.165) is 25.7 Å². The highest BCUT2D eigenvalue weighted by Crippen LogP contribution is 2.24. The van der Waals surface area contributed by atoms with Crippen molar-refractivity contribution in [1.29, 1.82) is 0 Å². The van der Waals surface area contributed by atoms with E-state index in [1.807, 2.05) is 0 Å². The molecule has 1 aliphatic carbocycles. The number of amides is 2. The summed E-state index contributed by atoms with van der Waals surface area (Å²) >= 11 is 0. The van der Waals surface area contributed by atoms with Gasteiger partial charge in [0, 0.05) is 11.7 Å². The summed E-state index contributed by atoms with van der Waals surface area (Å²) in [5.41, 5.74) is 0.898. The lowest BCUT2D eigenvalue weighted by Gasteiger charge is -2.29. The van der Waals surface area contributed by atoms with Crippen LogP contribution in [-0.2, 0) is 0 Å². The summed E-state index contributed by atoms with van der Waals surface area (Å²) in [6, 6.07) is 12.0. The molecule has 29 heavy (non-hydrogen) atoms. The van der Waals surface area contributed by atoms with Crippen LogP contribution < -0.4 is 15.4 Å². The van der Waals surface area contributed by atoms with Crippen LogP contribution >= 0.6 is 0 Å². The normalized spacial score (nSPS) is 18.5. The van der Waals surface area contributed by atoms with Gasteiger partial charge in [-0.25, -0.2) is 14.4 Å². The third-order valence-electron chi connectivity index (χ3n) is 4.80. The molecule has 0 heterocycles. The molecular weight excluding hydrogens is 376 g/mol. The lowest BCUT2D eigenvalue weighted by Crippen LogP contribution is -2.41. The third kappa shape index (κ3) is 5.71. The summed E-state index contributed by atoms with van der Waals surface area (Å²) in [5.74, 6) is -1.36. The highest BCUT2D eigenvalue weighted by atomic mass is 16.5. The second-order valence-corrected chi connectivity index (χ2v) is 6.90. The maximum atomic E-state index is 12.1. The number of hydrogen-bond acceptors (Lipinski definition) is 4. The largest absolute Gasteiger partial charge is 0.490 e. The van der Waals surface area contributed by atoms with E-state index in [4.69, 9.17) is 14.9 Å². The molecule has 0 aliphatic heterocycles. The van der Waals surface area contributed by atoms with Crippen molar-refractivity contribution in [3.63, 3.8) is 0 Å². The van der Waals surface area contributed by atoms with E-state index in [1.54, 1.807) is 24.3 Å². The molecule has 0 spiro atoms. The fourth-order valence-electron chi connectivity index (χ4n) is 3.24. The van der Waals surface area contributed by atoms with Crippen molar-refractivity contribution in [3.8, 4) is 5.75 Å². The lowest BCUT2D eigenvalue weighted by atomic mass is 9.93. The number of rotatable bonds is 6. The summed E-state index contributed by atoms with van der Waals surface area (Å²) in [4.78, 5) is 33.9. The Morgan fingerprint density at radius 1 is 0.793 bits per heavy atom. The Hall–Kier alpha value is -3.55. The summed E-state index contributed by atoms with van der Waals surface area (Å²) in [6.45, 7) is 0. The minimum atomic E-state index is -1.02. The number of ether oxygens (including phenoxy) is 1. The molecule has 0 bridgehead atoms. The highest BCUT2D eigenvalue weighted by molar-refractivity contribution is 5.91. The minimum absolute atomic E-state index is 0.0235. The van der Waals surface area contributed by atoms with Crippen molar-refractivity contribution in [1.82, 2.24) is 5.32 Å². The van der Waals surface area contributed by atoms with Gasteiger partial charge in [-0.15, -0.1) is 0 Å². The minimum Gasteiger partial charge on any atom is -0.490 e. The van der Waals surface area contributed by atoms with Crippen molar-refractivity contribution in [3.05, 3.63) is 59.7 Å². The van der Waals surface area contributed by atoms with Crippen LogP contribution in [0.2, 0.25) is 0 Å². The van der Waals surface area contributed by atoms with Gasteiger partial charge in [-0.2, -0.15) is 0 Å². The van der Waals surface area contributed by atoms with E-state index in [2.05, 4.69) is 10.6 Å². The number of benzene rings is 2. The Morgan fingerprint density at radius 2 is 1.31 bits per heavy atom. The molecule has 1 fully saturated rings. The van der Waals surface area contributed by atoms with E-state index in [-0.39, 0.29) is 29.3 Å². The number of carboxylic acid groups (broad SMARTS) is 2. The van der Waals surface area contributed by atoms with Gasteiger partial charge in [0.2, 0.25) is 0 Å². The van der Waals surface area contributed by atoms with Gasteiger partial charge in [0.15, 0.2) is 0 Å². The number of carboxylic acids is 2. The number of hydrogen-bond donors (Lipinski definition) is 4. The van der Waals surface area contributed by atoms with Crippen LogP contribution in [0.15, 0.2) is 48.5 Å². The van der Waals surface area contributed by atoms with Crippen molar-refractivity contribution in [2.45, 2.75) is 37.8 Å². The Morgan fingerprint density at radius 3 is 1.83 bits per heavy atom. The molecule has 0 unspecified atom stereocenters. The Kier molecular flexibility index (Phi) is 6.33. The van der Waals surface area contributed by atoms with E-state index >= 15 is 0 Å². The van der Waals surface area contributed by atoms with Gasteiger partial charge in [0.25, 0.3) is 0 Å². The zero-order chi connectivity index (χ0) is 20.8. The number of carbonyl (C=O) groups is 3. The molecule has 2 amide bonds. The molecule has 8 nitrogen and oxygen atoms in total. The Bertz CT molecular complexity index is 871. The van der Waals surface area contributed by atoms with Crippen LogP contribution in [0.4, 0.5) is 10.5 Å². The standard InChI is InChI=1S/C21H22N2O6/c24-19(25)13-1-5-15(6-2-13)22-21(28)23-16-7-11-18(12-8-16)29-17-9-3-14(4-10-17)20(26)27/h1-6,9-10,16,18H,7-8,11-12H2,(H,24,25)(H,26,27)(H2,22,23,28). The topological polar surface area (TPSA) is 125 Å². The van der Waals surface area contributed by atoms with Crippen molar-refractivity contribution >= 4 is 23.7 Å². The van der Waals surface area contributed by atoms with Gasteiger partial charge >= 0.3 is 18.0 Å². The van der Waals surface area contributed by atoms with E-state index < -0.39 is 11.9 Å². The van der Waals surface area contributed by atoms with Crippen LogP contribution in [0.25, 0.3) is 0 Å². The first kappa shape index (κ1) is 20.2. The number of nitrogens with one attached hydrogen (secondary N) is 2. The zero-order valence-electron chi connectivity index (χ0n) is 15.6. The van der Waals surface area contributed by atoms with Crippen LogP contribution in [0, 0.1) is 0 Å². The van der Waals surface area contributed by atoms with Gasteiger partial charge in [-0.3, -0.25) is 0 Å². The number of urea groups is 1. The molecule has 1 saturated carbocycles. The molecule has 8 heteroatoms. The number of carbonyl (C=O) groups excluding carboxylic acids is 1. The molecule has 0 atom stereocenters. The van der Waals surface area contributed by atoms with Gasteiger partial charge in [-0.1, -0.05) is 0 Å². The van der Waals surface area contributed by atoms with Gasteiger partial charge in [-0.05, 0) is 74.2 Å². The second kappa shape index (κ2) is 9.09. The highest BCUT2D eigenvalue weighted by Gasteiger charge is 2.23. The maximum Gasteiger partial charge on any atom is 0.335 e. The van der Waals surface area contributed by atoms with E-state index in [0.29, 0.717) is 11.4 Å². The van der Waals surface area contributed by atoms with Crippen LogP contribution in [0.1, 0.15) is 46.4 Å². The molecule has 0 aromatic heterocycles. The Labute approximate surface area is 167 Å². The Balaban J connectivity index is 1.42. The van der Waals surface area contributed by atoms with Gasteiger partial charge in [0.1, 0.15) is 5.75 Å². The SMILES string of the molecule is O=C(Nc1ccc(C(=O)O)cc1)NC1CCC(Oc2ccc(C(=O)O)cc2)CC1. The summed E-state index contributed by atoms with van der Waals surface area (Å²) < 4.78 is 5.90. The average Bonchev–Trinajstić information content (AvgIpc) is 2.70. The summed E-state index contributed by atoms with van der Waals surface area (Å²) in [7, 11) is 0. The van der Waals surface area contributed by atoms with Crippen molar-refractivity contribution in [2.75, 3.05) is 5.32 Å². The molecule has 4 N–H and O–H groups in total. The fraction of sp³-hybridized carbons (Fsp3) is 0.286. The fourth-order valence-corrected chi connectivity index (χ4v) is 3.24. The van der Waals surface area contributed by atoms with Crippen LogP contribution in [0.5, 0.6) is 5.75 Å². The molecule has 3 rings (SSSR count). The number of anilines is 1. The van der Waals surface area contributed by atoms with Crippen LogP contribution in [0.3, 0.4) is 0 Å². The smallest absolute Gasteiger partial charge is 0.335 e. The van der Waals surface area contributed by atoms with Gasteiger partial charge in [0.05, 0.1) is 17.2 Å². The quantitative estimate of drug-likeness (QED) is 0.589. The predicted octanol–water partition coefficient (Wildman–Crippen LogP) is 3.59. The zero-order valence-corrected chi connectivity index (χ0v) is 15.6. The van der Waals surface area contributed by atoms with Crippen molar-refractivity contribution in [2.24, 2.45) is 0 Å². The van der Waals surface area contributed by atoms with Crippen molar-refractivity contribution < 1.29 is 29.3 Å². The molecule has 152 valence electrons. The first-order valence-corrected chi connectivity index (χ1v) is 9.31. The predicted molar refractivity (Wildman–Crippen MR) is 106 cm³/mol. The maximum absolute atomic E-state index is 12.1. The summed E-state index contributed by atoms with van der Waals surface area (Å²) in [5, 5.41) is 23.4. The average molecular weight is 398 g/mol. The molecule has 0 radical (unpaired) electrons. The van der Waals surface area contributed by atoms with Gasteiger partial charge < -0.3 is 25.6 Å². The van der Waals surface area contributed by atoms with E-state index in [9.17, 15) is 14.4 Å². The summed E-state index contributed by atoms with van der Waals surface area (Å²) in [6.07, 6.45) is 3.11. The molecule has 2 aromatic carbocycles. The molecule has 0 saturated heterocycles. The van der Waals surface area contributed by atoms with E-state index in [1.165, 1.54) is 24.3 Å². The molecule has 2 aromatic rings. The monoisotopic (exact) mass is 398 g/mol. The third-order valence-corrected chi connectivity index (χ3v) is 4.80. The first-order chi connectivity index (χ1) is 13.9. The van der Waals surface area contributed by atoms with Crippen LogP contribution in [-0.4, -0.2) is 40.3 Å².